The molecule has 2 amide bonds. The number of carbonyl (C=O) groups is 2. The summed E-state index contributed by atoms with van der Waals surface area (Å²) in [5, 5.41) is 8.79. The topological polar surface area (TPSA) is 149 Å². The number of nitrogens with one attached hydrogen (secondary N) is 3. The first-order valence-corrected chi connectivity index (χ1v) is 14.3. The average Bonchev–Trinajstić information content (AvgIpc) is 2.92. The molecule has 0 radical (unpaired) electrons. The third-order valence-corrected chi connectivity index (χ3v) is 6.65. The minimum Gasteiger partial charge on any atom is -0.497 e. The molecule has 4 aromatic rings. The van der Waals surface area contributed by atoms with Crippen LogP contribution in [-0.4, -0.2) is 88.4 Å². The van der Waals surface area contributed by atoms with E-state index in [2.05, 4.69) is 20.9 Å². The van der Waals surface area contributed by atoms with Gasteiger partial charge in [0.2, 0.25) is 22.7 Å². The van der Waals surface area contributed by atoms with Crippen LogP contribution in [0.25, 0.3) is 11.0 Å². The van der Waals surface area contributed by atoms with Crippen molar-refractivity contribution in [1.82, 2.24) is 19.8 Å². The predicted octanol–water partition coefficient (Wildman–Crippen LogP) is 3.05. The number of aromatic nitrogens is 2. The highest BCUT2D eigenvalue weighted by atomic mass is 32.2. The summed E-state index contributed by atoms with van der Waals surface area (Å²) in [7, 11) is 5.36. The number of para-hydroxylation sites is 2. The highest BCUT2D eigenvalue weighted by Gasteiger charge is 2.22. The molecule has 43 heavy (non-hydrogen) atoms. The lowest BCUT2D eigenvalue weighted by molar-refractivity contribution is -0.117. The minimum atomic E-state index is -3.26. The molecule has 0 saturated carbocycles. The summed E-state index contributed by atoms with van der Waals surface area (Å²) in [6, 6.07) is 18.6. The van der Waals surface area contributed by atoms with Crippen LogP contribution in [0.1, 0.15) is 0 Å². The number of anilines is 6. The third-order valence-electron chi connectivity index (χ3n) is 5.90. The second kappa shape index (κ2) is 13.9. The SMILES string of the molecule is COc1cc(NC(=O)CN(C)C)cc(Nc2nc3ccccc3nc2N(c2cccc(NC(=O)CN(C)C)c2)[SH](=O)=O)c1. The number of hydrogen-bond acceptors (Lipinski definition) is 10. The molecule has 226 valence electrons. The van der Waals surface area contributed by atoms with Crippen molar-refractivity contribution in [2.45, 2.75) is 0 Å². The number of carbonyl (C=O) groups excluding carboxylic acids is 2. The van der Waals surface area contributed by atoms with Gasteiger partial charge < -0.3 is 30.5 Å². The second-order valence-electron chi connectivity index (χ2n) is 10.1. The molecule has 0 aliphatic rings. The van der Waals surface area contributed by atoms with Crippen molar-refractivity contribution in [3.63, 3.8) is 0 Å². The zero-order valence-corrected chi connectivity index (χ0v) is 25.4. The second-order valence-corrected chi connectivity index (χ2v) is 11.0. The Morgan fingerprint density at radius 3 is 1.98 bits per heavy atom. The lowest BCUT2D eigenvalue weighted by atomic mass is 10.2. The van der Waals surface area contributed by atoms with Gasteiger partial charge in [0.1, 0.15) is 5.75 Å². The maximum atomic E-state index is 12.8. The normalized spacial score (nSPS) is 11.2. The maximum absolute atomic E-state index is 12.8. The first-order chi connectivity index (χ1) is 20.5. The Morgan fingerprint density at radius 1 is 0.767 bits per heavy atom. The Kier molecular flexibility index (Phi) is 10.1. The summed E-state index contributed by atoms with van der Waals surface area (Å²) in [4.78, 5) is 37.6. The van der Waals surface area contributed by atoms with Crippen LogP contribution in [-0.2, 0) is 20.5 Å². The fraction of sp³-hybridized carbons (Fsp3) is 0.241. The van der Waals surface area contributed by atoms with E-state index in [9.17, 15) is 18.0 Å². The zero-order valence-electron chi connectivity index (χ0n) is 24.5. The Bertz CT molecular complexity index is 1700. The van der Waals surface area contributed by atoms with Gasteiger partial charge in [0, 0.05) is 29.2 Å². The molecule has 1 heterocycles. The van der Waals surface area contributed by atoms with Crippen molar-refractivity contribution in [2.24, 2.45) is 0 Å². The van der Waals surface area contributed by atoms with Crippen molar-refractivity contribution < 1.29 is 22.7 Å². The van der Waals surface area contributed by atoms with E-state index in [-0.39, 0.29) is 42.2 Å². The highest BCUT2D eigenvalue weighted by molar-refractivity contribution is 7.74. The lowest BCUT2D eigenvalue weighted by Gasteiger charge is -2.21. The molecule has 0 unspecified atom stereocenters. The molecule has 1 aromatic heterocycles. The zero-order chi connectivity index (χ0) is 31.1. The number of amides is 2. The summed E-state index contributed by atoms with van der Waals surface area (Å²) < 4.78 is 32.0. The third kappa shape index (κ3) is 8.38. The lowest BCUT2D eigenvalue weighted by Crippen LogP contribution is -2.27. The van der Waals surface area contributed by atoms with Gasteiger partial charge in [-0.3, -0.25) is 9.59 Å². The predicted molar refractivity (Wildman–Crippen MR) is 169 cm³/mol. The molecule has 4 rings (SSSR count). The molecule has 0 atom stereocenters. The van der Waals surface area contributed by atoms with Crippen molar-refractivity contribution >= 4 is 68.1 Å². The van der Waals surface area contributed by atoms with Gasteiger partial charge in [-0.2, -0.15) is 0 Å². The summed E-state index contributed by atoms with van der Waals surface area (Å²) in [6.45, 7) is 0.340. The van der Waals surface area contributed by atoms with Gasteiger partial charge >= 0.3 is 0 Å². The molecule has 13 nitrogen and oxygen atoms in total. The number of likely N-dealkylation sites (N-methyl/N-ethyl adjacent to an activating group) is 2. The smallest absolute Gasteiger partial charge is 0.238 e. The number of hydrogen-bond donors (Lipinski definition) is 4. The van der Waals surface area contributed by atoms with Gasteiger partial charge in [-0.1, -0.05) is 18.2 Å². The van der Waals surface area contributed by atoms with Crippen LogP contribution in [0, 0.1) is 0 Å². The molecule has 0 fully saturated rings. The fourth-order valence-corrected chi connectivity index (χ4v) is 4.81. The molecule has 0 bridgehead atoms. The average molecular weight is 607 g/mol. The van der Waals surface area contributed by atoms with E-state index in [4.69, 9.17) is 9.72 Å². The van der Waals surface area contributed by atoms with Crippen molar-refractivity contribution in [3.05, 3.63) is 66.7 Å². The van der Waals surface area contributed by atoms with Gasteiger partial charge in [0.25, 0.3) is 0 Å². The van der Waals surface area contributed by atoms with Gasteiger partial charge in [0.15, 0.2) is 11.6 Å². The quantitative estimate of drug-likeness (QED) is 0.177. The highest BCUT2D eigenvalue weighted by Crippen LogP contribution is 2.35. The summed E-state index contributed by atoms with van der Waals surface area (Å²) >= 11 is 0. The van der Waals surface area contributed by atoms with E-state index < -0.39 is 10.9 Å². The first-order valence-electron chi connectivity index (χ1n) is 13.2. The van der Waals surface area contributed by atoms with Crippen LogP contribution in [0.2, 0.25) is 0 Å². The molecular weight excluding hydrogens is 572 g/mol. The number of ether oxygens (including phenoxy) is 1. The van der Waals surface area contributed by atoms with E-state index in [1.54, 1.807) is 105 Å². The molecular formula is C29H34N8O5S. The van der Waals surface area contributed by atoms with Crippen LogP contribution >= 0.6 is 0 Å². The van der Waals surface area contributed by atoms with Gasteiger partial charge in [-0.05, 0) is 64.6 Å². The Balaban J connectivity index is 1.78. The van der Waals surface area contributed by atoms with Crippen LogP contribution in [0.3, 0.4) is 0 Å². The van der Waals surface area contributed by atoms with Crippen molar-refractivity contribution in [1.29, 1.82) is 0 Å². The van der Waals surface area contributed by atoms with Crippen LogP contribution < -0.4 is 25.0 Å². The minimum absolute atomic E-state index is 0.00703. The van der Waals surface area contributed by atoms with E-state index in [1.165, 1.54) is 7.11 Å². The molecule has 3 N–H and O–H groups in total. The Morgan fingerprint density at radius 2 is 1.37 bits per heavy atom. The van der Waals surface area contributed by atoms with E-state index >= 15 is 0 Å². The molecule has 0 saturated heterocycles. The van der Waals surface area contributed by atoms with Crippen LogP contribution in [0.5, 0.6) is 5.75 Å². The van der Waals surface area contributed by atoms with E-state index in [1.807, 2.05) is 0 Å². The number of methoxy groups -OCH3 is 1. The van der Waals surface area contributed by atoms with E-state index in [0.717, 1.165) is 4.31 Å². The molecule has 0 aliphatic carbocycles. The van der Waals surface area contributed by atoms with Crippen molar-refractivity contribution in [3.8, 4) is 5.75 Å². The number of benzene rings is 3. The summed E-state index contributed by atoms with van der Waals surface area (Å²) in [5.74, 6) is 0.127. The van der Waals surface area contributed by atoms with Crippen LogP contribution in [0.15, 0.2) is 66.7 Å². The maximum Gasteiger partial charge on any atom is 0.238 e. The van der Waals surface area contributed by atoms with E-state index in [0.29, 0.717) is 33.8 Å². The number of nitrogens with zero attached hydrogens (tertiary/aromatic N) is 5. The summed E-state index contributed by atoms with van der Waals surface area (Å²) in [5.41, 5.74) is 2.60. The first kappa shape index (κ1) is 31.2. The molecule has 3 aromatic carbocycles. The van der Waals surface area contributed by atoms with Crippen molar-refractivity contribution in [2.75, 3.05) is 68.6 Å². The monoisotopic (exact) mass is 606 g/mol. The number of rotatable bonds is 12. The van der Waals surface area contributed by atoms with Gasteiger partial charge in [-0.25, -0.2) is 22.7 Å². The Hall–Kier alpha value is -4.79. The van der Waals surface area contributed by atoms with Gasteiger partial charge in [-0.15, -0.1) is 0 Å². The molecule has 0 aliphatic heterocycles. The largest absolute Gasteiger partial charge is 0.497 e. The number of thiol groups is 1. The Labute approximate surface area is 251 Å². The molecule has 0 spiro atoms. The van der Waals surface area contributed by atoms with Crippen LogP contribution in [0.4, 0.5) is 34.4 Å². The standard InChI is InChI=1S/C29H34N8O5S/c1-35(2)17-26(38)30-19-9-8-10-22(14-19)37(43(40)41)29-28(33-24-11-6-7-12-25(24)34-29)32-21-13-20(15-23(16-21)42-5)31-27(39)18-36(3)4/h6-16,43H,17-18H2,1-5H3,(H,30,38)(H,31,39)(H,32,33). The molecule has 14 heteroatoms. The van der Waals surface area contributed by atoms with Gasteiger partial charge in [0.05, 0.1) is 36.9 Å². The summed E-state index contributed by atoms with van der Waals surface area (Å²) in [6.07, 6.45) is 0. The fourth-order valence-electron chi connectivity index (χ4n) is 4.21. The number of fused-ring (bicyclic) bond motifs is 1.